The first-order chi connectivity index (χ1) is 9.47. The molecule has 6 nitrogen and oxygen atoms in total. The number of sulfonamides is 1. The van der Waals surface area contributed by atoms with Gasteiger partial charge in [0.2, 0.25) is 10.0 Å². The Bertz CT molecular complexity index is 505. The lowest BCUT2D eigenvalue weighted by molar-refractivity contribution is 0.189. The highest BCUT2D eigenvalue weighted by molar-refractivity contribution is 7.89. The van der Waals surface area contributed by atoms with Crippen LogP contribution in [-0.2, 0) is 14.8 Å². The maximum Gasteiger partial charge on any atom is 0.217 e. The summed E-state index contributed by atoms with van der Waals surface area (Å²) in [5.41, 5.74) is 6.21. The topological polar surface area (TPSA) is 81.9 Å². The van der Waals surface area contributed by atoms with E-state index in [4.69, 9.17) is 15.2 Å². The van der Waals surface area contributed by atoms with E-state index in [9.17, 15) is 8.42 Å². The molecule has 7 heteroatoms. The van der Waals surface area contributed by atoms with E-state index in [2.05, 4.69) is 0 Å². The average molecular weight is 302 g/mol. The van der Waals surface area contributed by atoms with Crippen molar-refractivity contribution < 1.29 is 17.9 Å². The molecule has 0 saturated carbocycles. The predicted molar refractivity (Wildman–Crippen MR) is 79.3 cm³/mol. The quantitative estimate of drug-likeness (QED) is 0.542. The van der Waals surface area contributed by atoms with Crippen LogP contribution in [0.2, 0.25) is 0 Å². The summed E-state index contributed by atoms with van der Waals surface area (Å²) in [7, 11) is -0.164. The van der Waals surface area contributed by atoms with Gasteiger partial charge in [0.15, 0.2) is 0 Å². The second kappa shape index (κ2) is 8.08. The fourth-order valence-electron chi connectivity index (χ4n) is 1.60. The number of nitrogen functional groups attached to an aromatic ring is 1. The van der Waals surface area contributed by atoms with Gasteiger partial charge in [-0.05, 0) is 18.6 Å². The summed E-state index contributed by atoms with van der Waals surface area (Å²) in [5, 5.41) is 0. The number of hydrogen-bond acceptors (Lipinski definition) is 5. The molecule has 0 radical (unpaired) electrons. The van der Waals surface area contributed by atoms with E-state index in [-0.39, 0.29) is 12.4 Å². The molecule has 0 aliphatic rings. The van der Waals surface area contributed by atoms with Crippen LogP contribution in [0.3, 0.4) is 0 Å². The van der Waals surface area contributed by atoms with E-state index in [0.717, 1.165) is 0 Å². The van der Waals surface area contributed by atoms with Crippen LogP contribution in [0.25, 0.3) is 0 Å². The number of nitrogens with two attached hydrogens (primary N) is 1. The van der Waals surface area contributed by atoms with Gasteiger partial charge in [0, 0.05) is 27.3 Å². The van der Waals surface area contributed by atoms with Crippen molar-refractivity contribution in [3.63, 3.8) is 0 Å². The number of rotatable bonds is 9. The Labute approximate surface area is 120 Å². The maximum absolute atomic E-state index is 12.0. The zero-order chi connectivity index (χ0) is 15.0. The van der Waals surface area contributed by atoms with Crippen LogP contribution < -0.4 is 10.5 Å². The third kappa shape index (κ3) is 5.36. The summed E-state index contributed by atoms with van der Waals surface area (Å²) in [4.78, 5) is 0. The third-order valence-electron chi connectivity index (χ3n) is 2.81. The van der Waals surface area contributed by atoms with Gasteiger partial charge in [-0.15, -0.1) is 0 Å². The summed E-state index contributed by atoms with van der Waals surface area (Å²) in [6, 6.07) is 7.00. The molecule has 1 aromatic rings. The van der Waals surface area contributed by atoms with Gasteiger partial charge in [-0.25, -0.2) is 12.7 Å². The van der Waals surface area contributed by atoms with Crippen LogP contribution in [0.5, 0.6) is 5.75 Å². The van der Waals surface area contributed by atoms with Crippen molar-refractivity contribution in [2.24, 2.45) is 0 Å². The molecule has 0 bridgehead atoms. The molecule has 0 amide bonds. The summed E-state index contributed by atoms with van der Waals surface area (Å²) >= 11 is 0. The van der Waals surface area contributed by atoms with Gasteiger partial charge in [-0.3, -0.25) is 0 Å². The second-order valence-corrected chi connectivity index (χ2v) is 6.57. The summed E-state index contributed by atoms with van der Waals surface area (Å²) < 4.78 is 35.6. The number of benzene rings is 1. The number of anilines is 1. The SMILES string of the molecule is COCCCN(C)S(=O)(=O)CCOc1ccccc1N. The van der Waals surface area contributed by atoms with E-state index in [1.807, 2.05) is 0 Å². The van der Waals surface area contributed by atoms with Gasteiger partial charge in [-0.1, -0.05) is 12.1 Å². The molecule has 0 aliphatic heterocycles. The Morgan fingerprint density at radius 2 is 1.95 bits per heavy atom. The molecular weight excluding hydrogens is 280 g/mol. The third-order valence-corrected chi connectivity index (χ3v) is 4.63. The van der Waals surface area contributed by atoms with Crippen LogP contribution in [0.4, 0.5) is 5.69 Å². The zero-order valence-electron chi connectivity index (χ0n) is 11.9. The van der Waals surface area contributed by atoms with E-state index in [1.54, 1.807) is 38.4 Å². The van der Waals surface area contributed by atoms with Gasteiger partial charge < -0.3 is 15.2 Å². The molecule has 0 atom stereocenters. The van der Waals surface area contributed by atoms with E-state index >= 15 is 0 Å². The lowest BCUT2D eigenvalue weighted by Gasteiger charge is -2.17. The molecule has 0 fully saturated rings. The van der Waals surface area contributed by atoms with Gasteiger partial charge >= 0.3 is 0 Å². The standard InChI is InChI=1S/C13H22N2O4S/c1-15(8-5-9-18-2)20(16,17)11-10-19-13-7-4-3-6-12(13)14/h3-4,6-7H,5,8-11,14H2,1-2H3. The maximum atomic E-state index is 12.0. The predicted octanol–water partition coefficient (Wildman–Crippen LogP) is 0.946. The number of ether oxygens (including phenoxy) is 2. The molecule has 0 aromatic heterocycles. The first kappa shape index (κ1) is 16.7. The monoisotopic (exact) mass is 302 g/mol. The molecule has 0 heterocycles. The summed E-state index contributed by atoms with van der Waals surface area (Å²) in [6.07, 6.45) is 0.665. The molecular formula is C13H22N2O4S. The minimum atomic E-state index is -3.31. The highest BCUT2D eigenvalue weighted by Gasteiger charge is 2.17. The Morgan fingerprint density at radius 3 is 2.60 bits per heavy atom. The number of hydrogen-bond donors (Lipinski definition) is 1. The lowest BCUT2D eigenvalue weighted by atomic mass is 10.3. The molecule has 2 N–H and O–H groups in total. The molecule has 0 saturated heterocycles. The van der Waals surface area contributed by atoms with E-state index in [0.29, 0.717) is 31.0 Å². The van der Waals surface area contributed by atoms with Crippen LogP contribution in [-0.4, -0.2) is 52.4 Å². The fourth-order valence-corrected chi connectivity index (χ4v) is 2.61. The molecule has 0 unspecified atom stereocenters. The van der Waals surface area contributed by atoms with Crippen molar-refractivity contribution in [1.82, 2.24) is 4.31 Å². The van der Waals surface area contributed by atoms with Gasteiger partial charge in [0.25, 0.3) is 0 Å². The number of nitrogens with zero attached hydrogens (tertiary/aromatic N) is 1. The number of methoxy groups -OCH3 is 1. The van der Waals surface area contributed by atoms with Crippen LogP contribution in [0.1, 0.15) is 6.42 Å². The first-order valence-corrected chi connectivity index (χ1v) is 7.98. The van der Waals surface area contributed by atoms with Crippen molar-refractivity contribution in [2.75, 3.05) is 45.4 Å². The highest BCUT2D eigenvalue weighted by atomic mass is 32.2. The molecule has 1 aromatic carbocycles. The largest absolute Gasteiger partial charge is 0.490 e. The smallest absolute Gasteiger partial charge is 0.217 e. The van der Waals surface area contributed by atoms with Crippen molar-refractivity contribution in [3.05, 3.63) is 24.3 Å². The zero-order valence-corrected chi connectivity index (χ0v) is 12.7. The van der Waals surface area contributed by atoms with Gasteiger partial charge in [-0.2, -0.15) is 0 Å². The van der Waals surface area contributed by atoms with Gasteiger partial charge in [0.05, 0.1) is 11.4 Å². The van der Waals surface area contributed by atoms with Crippen molar-refractivity contribution in [2.45, 2.75) is 6.42 Å². The van der Waals surface area contributed by atoms with Crippen LogP contribution in [0.15, 0.2) is 24.3 Å². The minimum absolute atomic E-state index is 0.0746. The molecule has 20 heavy (non-hydrogen) atoms. The molecule has 1 rings (SSSR count). The second-order valence-electron chi connectivity index (χ2n) is 4.37. The lowest BCUT2D eigenvalue weighted by Crippen LogP contribution is -2.32. The van der Waals surface area contributed by atoms with Crippen LogP contribution in [0, 0.1) is 0 Å². The molecule has 0 aliphatic carbocycles. The molecule has 114 valence electrons. The minimum Gasteiger partial charge on any atom is -0.490 e. The molecule has 0 spiro atoms. The Balaban J connectivity index is 2.41. The van der Waals surface area contributed by atoms with E-state index < -0.39 is 10.0 Å². The van der Waals surface area contributed by atoms with Crippen LogP contribution >= 0.6 is 0 Å². The highest BCUT2D eigenvalue weighted by Crippen LogP contribution is 2.19. The van der Waals surface area contributed by atoms with Crippen molar-refractivity contribution >= 4 is 15.7 Å². The van der Waals surface area contributed by atoms with E-state index in [1.165, 1.54) is 4.31 Å². The van der Waals surface area contributed by atoms with Crippen molar-refractivity contribution in [1.29, 1.82) is 0 Å². The Hall–Kier alpha value is -1.31. The van der Waals surface area contributed by atoms with Gasteiger partial charge in [0.1, 0.15) is 12.4 Å². The average Bonchev–Trinajstić information content (AvgIpc) is 2.41. The first-order valence-electron chi connectivity index (χ1n) is 6.37. The summed E-state index contributed by atoms with van der Waals surface area (Å²) in [5.74, 6) is 0.426. The normalized spacial score (nSPS) is 11.8. The number of para-hydroxylation sites is 2. The van der Waals surface area contributed by atoms with Crippen molar-refractivity contribution in [3.8, 4) is 5.75 Å². The fraction of sp³-hybridized carbons (Fsp3) is 0.538. The Morgan fingerprint density at radius 1 is 1.25 bits per heavy atom. The Kier molecular flexibility index (Phi) is 6.77. The summed E-state index contributed by atoms with van der Waals surface area (Å²) in [6.45, 7) is 1.05.